The number of aliphatic hydroxyl groups is 2. The minimum atomic E-state index is -0.774. The average molecular weight is 382 g/mol. The maximum Gasteiger partial charge on any atom is 0.220 e. The Bertz CT molecular complexity index is 973. The van der Waals surface area contributed by atoms with Crippen LogP contribution in [0.4, 0.5) is 4.39 Å². The fourth-order valence-corrected chi connectivity index (χ4v) is 3.97. The molecule has 4 rings (SSSR count). The molecule has 146 valence electrons. The Hall–Kier alpha value is -2.70. The van der Waals surface area contributed by atoms with Crippen molar-refractivity contribution in [1.82, 2.24) is 10.3 Å². The van der Waals surface area contributed by atoms with E-state index in [0.717, 1.165) is 27.7 Å². The fourth-order valence-electron chi connectivity index (χ4n) is 3.97. The molecule has 1 heterocycles. The number of halogens is 1. The third-order valence-corrected chi connectivity index (χ3v) is 5.41. The van der Waals surface area contributed by atoms with Crippen LogP contribution in [-0.2, 0) is 11.2 Å². The molecule has 0 aliphatic heterocycles. The number of hydrogen-bond acceptors (Lipinski definition) is 3. The molecule has 1 aliphatic rings. The van der Waals surface area contributed by atoms with Crippen molar-refractivity contribution in [2.75, 3.05) is 0 Å². The van der Waals surface area contributed by atoms with Crippen molar-refractivity contribution >= 4 is 16.8 Å². The van der Waals surface area contributed by atoms with E-state index in [1.54, 1.807) is 12.1 Å². The molecule has 1 fully saturated rings. The van der Waals surface area contributed by atoms with Crippen LogP contribution in [0, 0.1) is 5.82 Å². The lowest BCUT2D eigenvalue weighted by Gasteiger charge is -2.12. The van der Waals surface area contributed by atoms with Crippen molar-refractivity contribution in [2.45, 2.75) is 43.9 Å². The van der Waals surface area contributed by atoms with Gasteiger partial charge in [-0.05, 0) is 60.7 Å². The summed E-state index contributed by atoms with van der Waals surface area (Å²) in [6, 6.07) is 14.0. The lowest BCUT2D eigenvalue weighted by atomic mass is 10.0. The number of hydrogen-bond donors (Lipinski definition) is 4. The molecular weight excluding hydrogens is 359 g/mol. The molecule has 1 amide bonds. The number of amides is 1. The monoisotopic (exact) mass is 382 g/mol. The van der Waals surface area contributed by atoms with E-state index in [9.17, 15) is 19.4 Å². The Balaban J connectivity index is 1.53. The summed E-state index contributed by atoms with van der Waals surface area (Å²) in [7, 11) is 0. The van der Waals surface area contributed by atoms with E-state index in [-0.39, 0.29) is 17.8 Å². The maximum atomic E-state index is 13.3. The lowest BCUT2D eigenvalue weighted by molar-refractivity contribution is -0.121. The molecule has 0 radical (unpaired) electrons. The van der Waals surface area contributed by atoms with Crippen LogP contribution in [0.1, 0.15) is 24.8 Å². The Kier molecular flexibility index (Phi) is 5.15. The molecule has 1 aliphatic carbocycles. The highest BCUT2D eigenvalue weighted by Crippen LogP contribution is 2.31. The Morgan fingerprint density at radius 1 is 1.07 bits per heavy atom. The number of aromatic amines is 1. The van der Waals surface area contributed by atoms with Gasteiger partial charge in [-0.1, -0.05) is 18.2 Å². The van der Waals surface area contributed by atoms with Crippen LogP contribution in [0.5, 0.6) is 0 Å². The topological polar surface area (TPSA) is 85.4 Å². The van der Waals surface area contributed by atoms with Gasteiger partial charge in [-0.15, -0.1) is 0 Å². The van der Waals surface area contributed by atoms with E-state index in [1.165, 1.54) is 12.1 Å². The SMILES string of the molecule is O=C(CCc1c(-c2ccc(F)cc2)[nH]c2ccccc12)NC1C[C@@H](O)[C@@H](O)C1. The summed E-state index contributed by atoms with van der Waals surface area (Å²) in [5.41, 5.74) is 3.75. The zero-order valence-corrected chi connectivity index (χ0v) is 15.4. The Morgan fingerprint density at radius 3 is 2.46 bits per heavy atom. The summed E-state index contributed by atoms with van der Waals surface area (Å²) in [6.07, 6.45) is 0.0220. The first kappa shape index (κ1) is 18.7. The zero-order chi connectivity index (χ0) is 19.7. The number of aliphatic hydroxyl groups excluding tert-OH is 2. The van der Waals surface area contributed by atoms with Crippen molar-refractivity contribution in [3.05, 3.63) is 59.9 Å². The third-order valence-electron chi connectivity index (χ3n) is 5.41. The van der Waals surface area contributed by atoms with Gasteiger partial charge in [0.2, 0.25) is 5.91 Å². The first-order valence-corrected chi connectivity index (χ1v) is 9.52. The van der Waals surface area contributed by atoms with Crippen LogP contribution in [-0.4, -0.2) is 39.4 Å². The molecule has 3 aromatic rings. The number of para-hydroxylation sites is 1. The van der Waals surface area contributed by atoms with Crippen molar-refractivity contribution in [3.63, 3.8) is 0 Å². The second-order valence-corrected chi connectivity index (χ2v) is 7.40. The van der Waals surface area contributed by atoms with E-state index in [4.69, 9.17) is 0 Å². The van der Waals surface area contributed by atoms with Crippen LogP contribution in [0.15, 0.2) is 48.5 Å². The highest BCUT2D eigenvalue weighted by atomic mass is 19.1. The van der Waals surface area contributed by atoms with Gasteiger partial charge >= 0.3 is 0 Å². The van der Waals surface area contributed by atoms with Crippen LogP contribution < -0.4 is 5.32 Å². The zero-order valence-electron chi connectivity index (χ0n) is 15.4. The van der Waals surface area contributed by atoms with E-state index in [1.807, 2.05) is 24.3 Å². The number of rotatable bonds is 5. The van der Waals surface area contributed by atoms with Gasteiger partial charge in [0.15, 0.2) is 0 Å². The summed E-state index contributed by atoms with van der Waals surface area (Å²) in [5.74, 6) is -0.400. The third kappa shape index (κ3) is 3.79. The van der Waals surface area contributed by atoms with Gasteiger partial charge in [-0.3, -0.25) is 4.79 Å². The van der Waals surface area contributed by atoms with E-state index < -0.39 is 12.2 Å². The average Bonchev–Trinajstić information content (AvgIpc) is 3.20. The van der Waals surface area contributed by atoms with Crippen LogP contribution in [0.25, 0.3) is 22.2 Å². The van der Waals surface area contributed by atoms with Gasteiger partial charge in [-0.2, -0.15) is 0 Å². The molecule has 3 atom stereocenters. The van der Waals surface area contributed by atoms with E-state index >= 15 is 0 Å². The highest BCUT2D eigenvalue weighted by Gasteiger charge is 2.32. The van der Waals surface area contributed by atoms with Crippen molar-refractivity contribution in [2.24, 2.45) is 0 Å². The normalized spacial score (nSPS) is 21.9. The number of nitrogens with one attached hydrogen (secondary N) is 2. The summed E-state index contributed by atoms with van der Waals surface area (Å²) >= 11 is 0. The number of carbonyl (C=O) groups excluding carboxylic acids is 1. The first-order valence-electron chi connectivity index (χ1n) is 9.52. The lowest BCUT2D eigenvalue weighted by Crippen LogP contribution is -2.33. The molecular formula is C22H23FN2O3. The van der Waals surface area contributed by atoms with Gasteiger partial charge in [0.25, 0.3) is 0 Å². The molecule has 6 heteroatoms. The minimum Gasteiger partial charge on any atom is -0.390 e. The van der Waals surface area contributed by atoms with Crippen molar-refractivity contribution in [1.29, 1.82) is 0 Å². The highest BCUT2D eigenvalue weighted by molar-refractivity contribution is 5.91. The molecule has 0 saturated heterocycles. The second-order valence-electron chi connectivity index (χ2n) is 7.40. The van der Waals surface area contributed by atoms with Gasteiger partial charge < -0.3 is 20.5 Å². The van der Waals surface area contributed by atoms with Crippen LogP contribution in [0.3, 0.4) is 0 Å². The number of carbonyl (C=O) groups is 1. The number of aromatic nitrogens is 1. The molecule has 1 aromatic heterocycles. The molecule has 2 aromatic carbocycles. The van der Waals surface area contributed by atoms with Gasteiger partial charge in [0, 0.05) is 29.1 Å². The molecule has 1 saturated carbocycles. The molecule has 0 bridgehead atoms. The predicted molar refractivity (Wildman–Crippen MR) is 105 cm³/mol. The molecule has 5 nitrogen and oxygen atoms in total. The number of fused-ring (bicyclic) bond motifs is 1. The summed E-state index contributed by atoms with van der Waals surface area (Å²) in [4.78, 5) is 15.8. The smallest absolute Gasteiger partial charge is 0.220 e. The Morgan fingerprint density at radius 2 is 1.75 bits per heavy atom. The number of benzene rings is 2. The number of H-pyrrole nitrogens is 1. The fraction of sp³-hybridized carbons (Fsp3) is 0.318. The molecule has 28 heavy (non-hydrogen) atoms. The van der Waals surface area contributed by atoms with Gasteiger partial charge in [0.05, 0.1) is 12.2 Å². The quantitative estimate of drug-likeness (QED) is 0.547. The maximum absolute atomic E-state index is 13.3. The largest absolute Gasteiger partial charge is 0.390 e. The summed E-state index contributed by atoms with van der Waals surface area (Å²) in [6.45, 7) is 0. The van der Waals surface area contributed by atoms with Gasteiger partial charge in [0.1, 0.15) is 5.82 Å². The molecule has 0 spiro atoms. The number of aryl methyl sites for hydroxylation is 1. The van der Waals surface area contributed by atoms with Crippen molar-refractivity contribution < 1.29 is 19.4 Å². The van der Waals surface area contributed by atoms with Crippen molar-refractivity contribution in [3.8, 4) is 11.3 Å². The van der Waals surface area contributed by atoms with E-state index in [2.05, 4.69) is 10.3 Å². The predicted octanol–water partition coefficient (Wildman–Crippen LogP) is 2.91. The standard InChI is InChI=1S/C22H23FN2O3/c23-14-7-5-13(6-8-14)22-17(16-3-1-2-4-18(16)25-22)9-10-21(28)24-15-11-19(26)20(27)12-15/h1-8,15,19-20,25-27H,9-12H2,(H,24,28)/t15?,19-,20+. The molecule has 4 N–H and O–H groups in total. The van der Waals surface area contributed by atoms with Crippen LogP contribution in [0.2, 0.25) is 0 Å². The van der Waals surface area contributed by atoms with Gasteiger partial charge in [-0.25, -0.2) is 4.39 Å². The first-order chi connectivity index (χ1) is 13.5. The van der Waals surface area contributed by atoms with E-state index in [0.29, 0.717) is 25.7 Å². The molecule has 1 unspecified atom stereocenters. The second kappa shape index (κ2) is 7.73. The summed E-state index contributed by atoms with van der Waals surface area (Å²) in [5, 5.41) is 23.2. The summed E-state index contributed by atoms with van der Waals surface area (Å²) < 4.78 is 13.3. The minimum absolute atomic E-state index is 0.110. The Labute approximate surface area is 162 Å². The van der Waals surface area contributed by atoms with Crippen LogP contribution >= 0.6 is 0 Å².